The lowest BCUT2D eigenvalue weighted by atomic mass is 9.96. The lowest BCUT2D eigenvalue weighted by molar-refractivity contribution is 0.402. The number of fused-ring (bicyclic) bond motifs is 3. The van der Waals surface area contributed by atoms with Gasteiger partial charge in [-0.2, -0.15) is 0 Å². The van der Waals surface area contributed by atoms with E-state index in [1.165, 1.54) is 11.2 Å². The van der Waals surface area contributed by atoms with Crippen molar-refractivity contribution in [2.24, 2.45) is 11.7 Å². The summed E-state index contributed by atoms with van der Waals surface area (Å²) in [5, 5.41) is 10.6. The second-order valence-corrected chi connectivity index (χ2v) is 4.62. The summed E-state index contributed by atoms with van der Waals surface area (Å²) in [4.78, 5) is 0. The lowest BCUT2D eigenvalue weighted by Crippen LogP contribution is -2.24. The molecule has 84 valence electrons. The lowest BCUT2D eigenvalue weighted by Gasteiger charge is -2.23. The van der Waals surface area contributed by atoms with E-state index in [4.69, 9.17) is 5.73 Å². The highest BCUT2D eigenvalue weighted by atomic mass is 16.3. The largest absolute Gasteiger partial charge is 0.508 e. The van der Waals surface area contributed by atoms with E-state index in [9.17, 15) is 5.11 Å². The molecule has 0 radical (unpaired) electrons. The molecule has 1 atom stereocenters. The molecule has 1 aromatic carbocycles. The van der Waals surface area contributed by atoms with Crippen molar-refractivity contribution in [1.82, 2.24) is 4.57 Å². The molecule has 2 aromatic rings. The maximum Gasteiger partial charge on any atom is 0.116 e. The number of nitrogens with zero attached hydrogens (tertiary/aromatic N) is 1. The number of phenols is 1. The van der Waals surface area contributed by atoms with Crippen LogP contribution in [0, 0.1) is 5.92 Å². The number of rotatable bonds is 1. The summed E-state index contributed by atoms with van der Waals surface area (Å²) in [6.45, 7) is 1.82. The molecule has 0 saturated carbocycles. The molecule has 2 heterocycles. The normalized spacial score (nSPS) is 19.9. The maximum absolute atomic E-state index is 9.46. The van der Waals surface area contributed by atoms with Crippen LogP contribution in [0.5, 0.6) is 5.75 Å². The molecule has 3 rings (SSSR count). The first kappa shape index (κ1) is 9.73. The van der Waals surface area contributed by atoms with Crippen LogP contribution in [0.25, 0.3) is 10.9 Å². The summed E-state index contributed by atoms with van der Waals surface area (Å²) in [5.41, 5.74) is 8.30. The number of phenolic OH excluding ortho intramolecular Hbond substituents is 1. The molecular formula is C13H16N2O. The summed E-state index contributed by atoms with van der Waals surface area (Å²) in [6, 6.07) is 7.76. The fraction of sp³-hybridized carbons (Fsp3) is 0.385. The predicted molar refractivity (Wildman–Crippen MR) is 64.5 cm³/mol. The quantitative estimate of drug-likeness (QED) is 0.764. The molecule has 1 unspecified atom stereocenters. The van der Waals surface area contributed by atoms with Crippen LogP contribution >= 0.6 is 0 Å². The smallest absolute Gasteiger partial charge is 0.116 e. The molecule has 1 aliphatic heterocycles. The van der Waals surface area contributed by atoms with Gasteiger partial charge in [0.05, 0.1) is 0 Å². The molecule has 0 amide bonds. The van der Waals surface area contributed by atoms with E-state index in [-0.39, 0.29) is 0 Å². The first-order valence-corrected chi connectivity index (χ1v) is 5.79. The molecular weight excluding hydrogens is 200 g/mol. The van der Waals surface area contributed by atoms with E-state index < -0.39 is 0 Å². The molecule has 0 aliphatic carbocycles. The summed E-state index contributed by atoms with van der Waals surface area (Å²) < 4.78 is 2.35. The third-order valence-electron chi connectivity index (χ3n) is 3.56. The fourth-order valence-corrected chi connectivity index (χ4v) is 2.66. The van der Waals surface area contributed by atoms with E-state index in [1.54, 1.807) is 6.07 Å². The first-order chi connectivity index (χ1) is 7.78. The molecule has 3 N–H and O–H groups in total. The predicted octanol–water partition coefficient (Wildman–Crippen LogP) is 1.87. The van der Waals surface area contributed by atoms with E-state index in [1.807, 2.05) is 12.1 Å². The van der Waals surface area contributed by atoms with Crippen molar-refractivity contribution in [3.63, 3.8) is 0 Å². The fourth-order valence-electron chi connectivity index (χ4n) is 2.66. The van der Waals surface area contributed by atoms with Crippen molar-refractivity contribution in [3.05, 3.63) is 30.0 Å². The molecule has 0 fully saturated rings. The van der Waals surface area contributed by atoms with Crippen LogP contribution in [0.15, 0.2) is 24.3 Å². The van der Waals surface area contributed by atoms with Crippen molar-refractivity contribution < 1.29 is 5.11 Å². The maximum atomic E-state index is 9.46. The van der Waals surface area contributed by atoms with E-state index in [0.717, 1.165) is 31.3 Å². The molecule has 3 heteroatoms. The van der Waals surface area contributed by atoms with Gasteiger partial charge in [0, 0.05) is 23.1 Å². The van der Waals surface area contributed by atoms with E-state index in [0.29, 0.717) is 11.7 Å². The summed E-state index contributed by atoms with van der Waals surface area (Å²) in [5.74, 6) is 0.955. The zero-order chi connectivity index (χ0) is 11.1. The van der Waals surface area contributed by atoms with Crippen LogP contribution in [-0.2, 0) is 13.0 Å². The van der Waals surface area contributed by atoms with Crippen LogP contribution in [0.1, 0.15) is 12.1 Å². The van der Waals surface area contributed by atoms with Crippen molar-refractivity contribution >= 4 is 10.9 Å². The Kier molecular flexibility index (Phi) is 2.14. The van der Waals surface area contributed by atoms with Gasteiger partial charge in [-0.05, 0) is 49.6 Å². The van der Waals surface area contributed by atoms with Gasteiger partial charge in [-0.1, -0.05) is 0 Å². The third kappa shape index (κ3) is 1.39. The van der Waals surface area contributed by atoms with Gasteiger partial charge in [0.25, 0.3) is 0 Å². The van der Waals surface area contributed by atoms with Crippen LogP contribution in [0.2, 0.25) is 0 Å². The number of hydrogen-bond donors (Lipinski definition) is 2. The molecule has 3 nitrogen and oxygen atoms in total. The van der Waals surface area contributed by atoms with E-state index >= 15 is 0 Å². The van der Waals surface area contributed by atoms with Crippen molar-refractivity contribution in [2.45, 2.75) is 19.4 Å². The zero-order valence-corrected chi connectivity index (χ0v) is 9.19. The molecule has 1 aromatic heterocycles. The number of benzene rings is 1. The Morgan fingerprint density at radius 3 is 3.06 bits per heavy atom. The van der Waals surface area contributed by atoms with Crippen molar-refractivity contribution in [2.75, 3.05) is 6.54 Å². The minimum atomic E-state index is 0.339. The second-order valence-electron chi connectivity index (χ2n) is 4.62. The third-order valence-corrected chi connectivity index (χ3v) is 3.56. The van der Waals surface area contributed by atoms with Gasteiger partial charge in [0.15, 0.2) is 0 Å². The molecule has 1 aliphatic rings. The standard InChI is InChI=1S/C13H16N2O/c14-8-9-3-4-15-11(5-9)6-10-7-12(16)1-2-13(10)15/h1-2,6-7,9,16H,3-5,8,14H2. The van der Waals surface area contributed by atoms with Crippen LogP contribution in [-0.4, -0.2) is 16.2 Å². The SMILES string of the molecule is NCC1CCn2c(cc3cc(O)ccc32)C1. The average Bonchev–Trinajstić information content (AvgIpc) is 2.64. The topological polar surface area (TPSA) is 51.2 Å². The highest BCUT2D eigenvalue weighted by molar-refractivity contribution is 5.83. The van der Waals surface area contributed by atoms with Crippen LogP contribution in [0.3, 0.4) is 0 Å². The number of hydrogen-bond acceptors (Lipinski definition) is 2. The van der Waals surface area contributed by atoms with Crippen LogP contribution < -0.4 is 5.73 Å². The van der Waals surface area contributed by atoms with Gasteiger partial charge in [-0.3, -0.25) is 0 Å². The van der Waals surface area contributed by atoms with Gasteiger partial charge in [-0.15, -0.1) is 0 Å². The monoisotopic (exact) mass is 216 g/mol. The van der Waals surface area contributed by atoms with Gasteiger partial charge in [-0.25, -0.2) is 0 Å². The summed E-state index contributed by atoms with van der Waals surface area (Å²) >= 11 is 0. The van der Waals surface area contributed by atoms with Crippen molar-refractivity contribution in [3.8, 4) is 5.75 Å². The minimum absolute atomic E-state index is 0.339. The molecule has 0 bridgehead atoms. The van der Waals surface area contributed by atoms with Crippen molar-refractivity contribution in [1.29, 1.82) is 0 Å². The number of aryl methyl sites for hydroxylation is 1. The molecule has 0 spiro atoms. The van der Waals surface area contributed by atoms with Gasteiger partial charge < -0.3 is 15.4 Å². The number of aromatic hydroxyl groups is 1. The van der Waals surface area contributed by atoms with Gasteiger partial charge >= 0.3 is 0 Å². The zero-order valence-electron chi connectivity index (χ0n) is 9.19. The van der Waals surface area contributed by atoms with E-state index in [2.05, 4.69) is 10.6 Å². The Bertz CT molecular complexity index is 530. The Hall–Kier alpha value is -1.48. The Morgan fingerprint density at radius 2 is 2.25 bits per heavy atom. The first-order valence-electron chi connectivity index (χ1n) is 5.79. The Balaban J connectivity index is 2.12. The summed E-state index contributed by atoms with van der Waals surface area (Å²) in [6.07, 6.45) is 2.22. The van der Waals surface area contributed by atoms with Gasteiger partial charge in [0.1, 0.15) is 5.75 Å². The Morgan fingerprint density at radius 1 is 1.38 bits per heavy atom. The molecule has 16 heavy (non-hydrogen) atoms. The highest BCUT2D eigenvalue weighted by Gasteiger charge is 2.19. The second kappa shape index (κ2) is 3.52. The van der Waals surface area contributed by atoms with Gasteiger partial charge in [0.2, 0.25) is 0 Å². The molecule has 0 saturated heterocycles. The van der Waals surface area contributed by atoms with Crippen LogP contribution in [0.4, 0.5) is 0 Å². The number of nitrogens with two attached hydrogens (primary N) is 1. The highest BCUT2D eigenvalue weighted by Crippen LogP contribution is 2.29. The minimum Gasteiger partial charge on any atom is -0.508 e. The average molecular weight is 216 g/mol. The Labute approximate surface area is 94.5 Å². The summed E-state index contributed by atoms with van der Waals surface area (Å²) in [7, 11) is 0. The number of aromatic nitrogens is 1.